The highest BCUT2D eigenvalue weighted by Gasteiger charge is 2.35. The normalized spacial score (nSPS) is 12.7. The molecule has 4 nitrogen and oxygen atoms in total. The Kier molecular flexibility index (Phi) is 3.38. The summed E-state index contributed by atoms with van der Waals surface area (Å²) in [5.41, 5.74) is 7.99. The highest BCUT2D eigenvalue weighted by molar-refractivity contribution is 5.93. The zero-order valence-electron chi connectivity index (χ0n) is 12.8. The van der Waals surface area contributed by atoms with E-state index in [2.05, 4.69) is 10.3 Å². The van der Waals surface area contributed by atoms with Gasteiger partial charge < -0.3 is 16.2 Å². The highest BCUT2D eigenvalue weighted by Crippen LogP contribution is 2.31. The fraction of sp³-hybridized carbons (Fsp3) is 0.438. The zero-order valence-corrected chi connectivity index (χ0v) is 12.8. The van der Waals surface area contributed by atoms with Crippen LogP contribution < -0.4 is 11.1 Å². The second kappa shape index (κ2) is 4.63. The maximum atomic E-state index is 10.3. The number of fused-ring (bicyclic) bond motifs is 1. The fourth-order valence-corrected chi connectivity index (χ4v) is 1.97. The van der Waals surface area contributed by atoms with E-state index in [1.807, 2.05) is 45.0 Å². The molecule has 0 saturated heterocycles. The van der Waals surface area contributed by atoms with Crippen molar-refractivity contribution in [1.29, 1.82) is 0 Å². The van der Waals surface area contributed by atoms with Crippen molar-refractivity contribution in [3.63, 3.8) is 0 Å². The lowest BCUT2D eigenvalue weighted by molar-refractivity contribution is 0.0241. The van der Waals surface area contributed by atoms with Gasteiger partial charge in [0.25, 0.3) is 0 Å². The monoisotopic (exact) mass is 273 g/mol. The Morgan fingerprint density at radius 1 is 1.15 bits per heavy atom. The molecule has 0 aliphatic rings. The molecule has 0 fully saturated rings. The molecular weight excluding hydrogens is 250 g/mol. The number of nitrogens with two attached hydrogens (primary N) is 1. The van der Waals surface area contributed by atoms with Gasteiger partial charge in [-0.25, -0.2) is 0 Å². The van der Waals surface area contributed by atoms with E-state index in [0.29, 0.717) is 5.69 Å². The Balaban J connectivity index is 2.57. The van der Waals surface area contributed by atoms with Crippen LogP contribution in [0.2, 0.25) is 0 Å². The number of rotatable bonds is 3. The van der Waals surface area contributed by atoms with E-state index in [1.165, 1.54) is 0 Å². The van der Waals surface area contributed by atoms with Gasteiger partial charge in [-0.2, -0.15) is 0 Å². The van der Waals surface area contributed by atoms with Crippen molar-refractivity contribution in [2.75, 3.05) is 11.1 Å². The highest BCUT2D eigenvalue weighted by atomic mass is 16.3. The molecule has 1 aromatic heterocycles. The minimum absolute atomic E-state index is 0.488. The molecule has 2 aromatic rings. The lowest BCUT2D eigenvalue weighted by Crippen LogP contribution is -2.51. The number of hydrogen-bond donors (Lipinski definition) is 3. The number of pyridine rings is 1. The third-order valence-corrected chi connectivity index (χ3v) is 3.94. The molecule has 0 bridgehead atoms. The first-order valence-electron chi connectivity index (χ1n) is 6.77. The lowest BCUT2D eigenvalue weighted by atomic mass is 9.85. The fourth-order valence-electron chi connectivity index (χ4n) is 1.97. The van der Waals surface area contributed by atoms with Crippen LogP contribution >= 0.6 is 0 Å². The van der Waals surface area contributed by atoms with Crippen LogP contribution in [0, 0.1) is 6.92 Å². The molecule has 0 unspecified atom stereocenters. The molecule has 1 aromatic carbocycles. The molecule has 0 radical (unpaired) electrons. The number of nitrogens with zero attached hydrogens (tertiary/aromatic N) is 1. The van der Waals surface area contributed by atoms with Crippen molar-refractivity contribution >= 4 is 22.3 Å². The second-order valence-electron chi connectivity index (χ2n) is 6.40. The smallest absolute Gasteiger partial charge is 0.0814 e. The molecular formula is C16H23N3O. The van der Waals surface area contributed by atoms with E-state index in [-0.39, 0.29) is 0 Å². The molecule has 0 aliphatic carbocycles. The van der Waals surface area contributed by atoms with Crippen LogP contribution in [0.1, 0.15) is 33.4 Å². The first-order valence-corrected chi connectivity index (χ1v) is 6.77. The molecule has 4 heteroatoms. The van der Waals surface area contributed by atoms with Crippen molar-refractivity contribution in [2.45, 2.75) is 45.8 Å². The number of aryl methyl sites for hydroxylation is 1. The quantitative estimate of drug-likeness (QED) is 0.752. The molecule has 0 spiro atoms. The maximum absolute atomic E-state index is 10.3. The standard InChI is InChI=1S/C16H23N3O/c1-10-8-14(19-15(2,3)16(4,5)20)12-9-11(17)6-7-13(12)18-10/h6-9,20H,17H2,1-5H3,(H,18,19). The molecule has 0 amide bonds. The van der Waals surface area contributed by atoms with E-state index in [4.69, 9.17) is 5.73 Å². The summed E-state index contributed by atoms with van der Waals surface area (Å²) in [5.74, 6) is 0. The molecule has 108 valence electrons. The van der Waals surface area contributed by atoms with E-state index in [0.717, 1.165) is 22.3 Å². The molecule has 0 aliphatic heterocycles. The summed E-state index contributed by atoms with van der Waals surface area (Å²) in [5, 5.41) is 14.7. The van der Waals surface area contributed by atoms with Gasteiger partial charge in [0.2, 0.25) is 0 Å². The summed E-state index contributed by atoms with van der Waals surface area (Å²) in [6, 6.07) is 7.65. The molecule has 20 heavy (non-hydrogen) atoms. The number of aromatic nitrogens is 1. The Morgan fingerprint density at radius 2 is 1.80 bits per heavy atom. The van der Waals surface area contributed by atoms with Crippen LogP contribution in [0.25, 0.3) is 10.9 Å². The van der Waals surface area contributed by atoms with Gasteiger partial charge in [0.15, 0.2) is 0 Å². The third-order valence-electron chi connectivity index (χ3n) is 3.94. The van der Waals surface area contributed by atoms with Gasteiger partial charge in [-0.1, -0.05) is 0 Å². The minimum Gasteiger partial charge on any atom is -0.399 e. The predicted octanol–water partition coefficient (Wildman–Crippen LogP) is 3.09. The summed E-state index contributed by atoms with van der Waals surface area (Å²) in [6.07, 6.45) is 0. The molecule has 4 N–H and O–H groups in total. The molecule has 0 saturated carbocycles. The van der Waals surface area contributed by atoms with Crippen molar-refractivity contribution in [3.8, 4) is 0 Å². The zero-order chi connectivity index (χ0) is 15.1. The van der Waals surface area contributed by atoms with Gasteiger partial charge in [-0.3, -0.25) is 4.98 Å². The van der Waals surface area contributed by atoms with Crippen molar-refractivity contribution in [3.05, 3.63) is 30.0 Å². The van der Waals surface area contributed by atoms with Crippen LogP contribution in [0.15, 0.2) is 24.3 Å². The van der Waals surface area contributed by atoms with Gasteiger partial charge in [-0.15, -0.1) is 0 Å². The van der Waals surface area contributed by atoms with E-state index < -0.39 is 11.1 Å². The number of hydrogen-bond acceptors (Lipinski definition) is 4. The summed E-state index contributed by atoms with van der Waals surface area (Å²) >= 11 is 0. The van der Waals surface area contributed by atoms with E-state index in [1.54, 1.807) is 13.8 Å². The first kappa shape index (κ1) is 14.6. The van der Waals surface area contributed by atoms with Crippen LogP contribution in [-0.4, -0.2) is 21.2 Å². The van der Waals surface area contributed by atoms with Gasteiger partial charge >= 0.3 is 0 Å². The van der Waals surface area contributed by atoms with Crippen LogP contribution in [0.4, 0.5) is 11.4 Å². The van der Waals surface area contributed by atoms with Gasteiger partial charge in [0, 0.05) is 22.5 Å². The molecule has 0 atom stereocenters. The number of benzene rings is 1. The third kappa shape index (κ3) is 2.70. The van der Waals surface area contributed by atoms with Crippen molar-refractivity contribution in [2.24, 2.45) is 0 Å². The summed E-state index contributed by atoms with van der Waals surface area (Å²) in [7, 11) is 0. The minimum atomic E-state index is -0.864. The van der Waals surface area contributed by atoms with Gasteiger partial charge in [0.1, 0.15) is 0 Å². The van der Waals surface area contributed by atoms with Gasteiger partial charge in [0.05, 0.1) is 16.7 Å². The summed E-state index contributed by atoms with van der Waals surface area (Å²) in [4.78, 5) is 4.51. The maximum Gasteiger partial charge on any atom is 0.0814 e. The predicted molar refractivity (Wildman–Crippen MR) is 84.9 cm³/mol. The van der Waals surface area contributed by atoms with E-state index >= 15 is 0 Å². The topological polar surface area (TPSA) is 71.2 Å². The first-order chi connectivity index (χ1) is 9.10. The van der Waals surface area contributed by atoms with Crippen LogP contribution in [0.5, 0.6) is 0 Å². The van der Waals surface area contributed by atoms with Crippen molar-refractivity contribution in [1.82, 2.24) is 4.98 Å². The second-order valence-corrected chi connectivity index (χ2v) is 6.40. The molecule has 1 heterocycles. The number of nitrogen functional groups attached to an aromatic ring is 1. The van der Waals surface area contributed by atoms with Crippen LogP contribution in [0.3, 0.4) is 0 Å². The summed E-state index contributed by atoms with van der Waals surface area (Å²) < 4.78 is 0. The van der Waals surface area contributed by atoms with E-state index in [9.17, 15) is 5.11 Å². The van der Waals surface area contributed by atoms with Gasteiger partial charge in [-0.05, 0) is 58.9 Å². The Morgan fingerprint density at radius 3 is 2.40 bits per heavy atom. The number of nitrogens with one attached hydrogen (secondary N) is 1. The number of aliphatic hydroxyl groups is 1. The molecule has 2 rings (SSSR count). The average molecular weight is 273 g/mol. The Bertz CT molecular complexity index is 642. The lowest BCUT2D eigenvalue weighted by Gasteiger charge is -2.39. The Labute approximate surface area is 120 Å². The Hall–Kier alpha value is -1.81. The van der Waals surface area contributed by atoms with Crippen LogP contribution in [-0.2, 0) is 0 Å². The SMILES string of the molecule is Cc1cc(NC(C)(C)C(C)(C)O)c2cc(N)ccc2n1. The summed E-state index contributed by atoms with van der Waals surface area (Å²) in [6.45, 7) is 9.50. The largest absolute Gasteiger partial charge is 0.399 e. The average Bonchev–Trinajstić information content (AvgIpc) is 2.28. The van der Waals surface area contributed by atoms with Crippen molar-refractivity contribution < 1.29 is 5.11 Å². The number of anilines is 2.